The predicted octanol–water partition coefficient (Wildman–Crippen LogP) is 4.76. The van der Waals surface area contributed by atoms with E-state index in [1.807, 2.05) is 36.4 Å². The molecule has 2 aromatic carbocycles. The van der Waals surface area contributed by atoms with Crippen LogP contribution < -0.4 is 10.1 Å². The van der Waals surface area contributed by atoms with Crippen molar-refractivity contribution in [2.75, 3.05) is 19.5 Å². The van der Waals surface area contributed by atoms with Gasteiger partial charge in [0.15, 0.2) is 0 Å². The number of hydrogen-bond acceptors (Lipinski definition) is 4. The molecular weight excluding hydrogens is 298 g/mol. The van der Waals surface area contributed by atoms with Crippen molar-refractivity contribution in [1.82, 2.24) is 0 Å². The van der Waals surface area contributed by atoms with Gasteiger partial charge in [-0.15, -0.1) is 11.3 Å². The van der Waals surface area contributed by atoms with E-state index in [0.29, 0.717) is 0 Å². The zero-order valence-electron chi connectivity index (χ0n) is 12.3. The van der Waals surface area contributed by atoms with Gasteiger partial charge in [-0.2, -0.15) is 0 Å². The molecule has 3 rings (SSSR count). The van der Waals surface area contributed by atoms with Gasteiger partial charge in [0.1, 0.15) is 5.75 Å². The number of nitrogens with one attached hydrogen (secondary N) is 1. The highest BCUT2D eigenvalue weighted by atomic mass is 32.1. The number of fused-ring (bicyclic) bond motifs is 1. The first-order chi connectivity index (χ1) is 10.7. The number of carbonyl (C=O) groups excluding carboxylic acids is 1. The van der Waals surface area contributed by atoms with Gasteiger partial charge in [-0.3, -0.25) is 5.32 Å². The van der Waals surface area contributed by atoms with Crippen molar-refractivity contribution in [2.45, 2.75) is 0 Å². The van der Waals surface area contributed by atoms with Gasteiger partial charge in [-0.25, -0.2) is 4.79 Å². The van der Waals surface area contributed by atoms with Gasteiger partial charge in [-0.05, 0) is 29.3 Å². The lowest BCUT2D eigenvalue weighted by atomic mass is 10.0. The van der Waals surface area contributed by atoms with Gasteiger partial charge in [0, 0.05) is 10.1 Å². The van der Waals surface area contributed by atoms with Crippen molar-refractivity contribution in [3.8, 4) is 16.9 Å². The van der Waals surface area contributed by atoms with Crippen LogP contribution in [0, 0.1) is 0 Å². The van der Waals surface area contributed by atoms with Gasteiger partial charge >= 0.3 is 6.09 Å². The van der Waals surface area contributed by atoms with Gasteiger partial charge in [0.05, 0.1) is 19.2 Å². The first-order valence-corrected chi connectivity index (χ1v) is 7.55. The number of methoxy groups -OCH3 is 2. The Bertz CT molecular complexity index is 811. The van der Waals surface area contributed by atoms with Crippen molar-refractivity contribution in [3.05, 3.63) is 48.5 Å². The standard InChI is InChI=1S/C17H15NO3S/c1-20-14-9-8-12(11-6-4-3-5-7-11)16-13(14)10-15(22-16)18-17(19)21-2/h3-10H,1-2H3,(H,18,19). The van der Waals surface area contributed by atoms with Gasteiger partial charge in [0.2, 0.25) is 0 Å². The molecule has 0 aliphatic heterocycles. The Morgan fingerprint density at radius 3 is 2.55 bits per heavy atom. The van der Waals surface area contributed by atoms with Crippen LogP contribution in [0.4, 0.5) is 9.80 Å². The summed E-state index contributed by atoms with van der Waals surface area (Å²) in [4.78, 5) is 11.4. The first kappa shape index (κ1) is 14.4. The van der Waals surface area contributed by atoms with Gasteiger partial charge < -0.3 is 9.47 Å². The highest BCUT2D eigenvalue weighted by molar-refractivity contribution is 7.23. The number of ether oxygens (including phenoxy) is 2. The fourth-order valence-electron chi connectivity index (χ4n) is 2.33. The molecule has 0 aliphatic carbocycles. The van der Waals surface area contributed by atoms with Crippen molar-refractivity contribution in [2.24, 2.45) is 0 Å². The Hall–Kier alpha value is -2.53. The molecule has 1 amide bonds. The average molecular weight is 313 g/mol. The summed E-state index contributed by atoms with van der Waals surface area (Å²) in [6.45, 7) is 0. The first-order valence-electron chi connectivity index (χ1n) is 6.74. The molecule has 0 fully saturated rings. The van der Waals surface area contributed by atoms with E-state index in [2.05, 4.69) is 22.2 Å². The summed E-state index contributed by atoms with van der Waals surface area (Å²) in [6, 6.07) is 16.0. The average Bonchev–Trinajstić information content (AvgIpc) is 2.97. The summed E-state index contributed by atoms with van der Waals surface area (Å²) in [6.07, 6.45) is -0.480. The van der Waals surface area contributed by atoms with E-state index in [9.17, 15) is 4.79 Å². The Balaban J connectivity index is 2.16. The Labute approximate surface area is 132 Å². The molecule has 0 atom stereocenters. The molecule has 0 unspecified atom stereocenters. The van der Waals surface area contributed by atoms with Crippen LogP contribution in [-0.4, -0.2) is 20.3 Å². The molecule has 4 nitrogen and oxygen atoms in total. The number of hydrogen-bond donors (Lipinski definition) is 1. The van der Waals surface area contributed by atoms with E-state index in [0.717, 1.165) is 32.0 Å². The monoisotopic (exact) mass is 313 g/mol. The molecule has 22 heavy (non-hydrogen) atoms. The zero-order valence-corrected chi connectivity index (χ0v) is 13.1. The van der Waals surface area contributed by atoms with Crippen molar-refractivity contribution >= 4 is 32.5 Å². The third-order valence-corrected chi connectivity index (χ3v) is 4.44. The van der Waals surface area contributed by atoms with Crippen LogP contribution in [0.1, 0.15) is 0 Å². The highest BCUT2D eigenvalue weighted by Crippen LogP contribution is 2.41. The molecule has 1 heterocycles. The fourth-order valence-corrected chi connectivity index (χ4v) is 3.43. The van der Waals surface area contributed by atoms with Crippen LogP contribution in [0.5, 0.6) is 5.75 Å². The summed E-state index contributed by atoms with van der Waals surface area (Å²) < 4.78 is 11.1. The SMILES string of the molecule is COC(=O)Nc1cc2c(OC)ccc(-c3ccccc3)c2s1. The van der Waals surface area contributed by atoms with E-state index in [1.165, 1.54) is 18.4 Å². The molecule has 0 radical (unpaired) electrons. The summed E-state index contributed by atoms with van der Waals surface area (Å²) in [5, 5.41) is 4.41. The molecule has 1 N–H and O–H groups in total. The van der Waals surface area contributed by atoms with Crippen LogP contribution in [-0.2, 0) is 4.74 Å². The van der Waals surface area contributed by atoms with E-state index in [4.69, 9.17) is 4.74 Å². The van der Waals surface area contributed by atoms with E-state index in [1.54, 1.807) is 7.11 Å². The lowest BCUT2D eigenvalue weighted by Crippen LogP contribution is -2.09. The highest BCUT2D eigenvalue weighted by Gasteiger charge is 2.13. The summed E-state index contributed by atoms with van der Waals surface area (Å²) in [5.41, 5.74) is 2.24. The van der Waals surface area contributed by atoms with Crippen molar-refractivity contribution in [1.29, 1.82) is 0 Å². The van der Waals surface area contributed by atoms with Crippen LogP contribution in [0.3, 0.4) is 0 Å². The van der Waals surface area contributed by atoms with Crippen LogP contribution >= 0.6 is 11.3 Å². The number of anilines is 1. The summed E-state index contributed by atoms with van der Waals surface area (Å²) in [7, 11) is 2.99. The van der Waals surface area contributed by atoms with Crippen LogP contribution in [0.15, 0.2) is 48.5 Å². The fraction of sp³-hybridized carbons (Fsp3) is 0.118. The number of carbonyl (C=O) groups is 1. The molecule has 0 aliphatic rings. The van der Waals surface area contributed by atoms with E-state index in [-0.39, 0.29) is 0 Å². The minimum absolute atomic E-state index is 0.480. The number of thiophene rings is 1. The van der Waals surface area contributed by atoms with Crippen LogP contribution in [0.2, 0.25) is 0 Å². The predicted molar refractivity (Wildman–Crippen MR) is 89.8 cm³/mol. The maximum absolute atomic E-state index is 11.4. The zero-order chi connectivity index (χ0) is 15.5. The van der Waals surface area contributed by atoms with Crippen molar-refractivity contribution < 1.29 is 14.3 Å². The second-order valence-corrected chi connectivity index (χ2v) is 5.70. The van der Waals surface area contributed by atoms with E-state index < -0.39 is 6.09 Å². The lowest BCUT2D eigenvalue weighted by molar-refractivity contribution is 0.187. The van der Waals surface area contributed by atoms with E-state index >= 15 is 0 Å². The van der Waals surface area contributed by atoms with Crippen molar-refractivity contribution in [3.63, 3.8) is 0 Å². The molecule has 0 bridgehead atoms. The molecular formula is C17H15NO3S. The quantitative estimate of drug-likeness (QED) is 0.758. The molecule has 1 aromatic heterocycles. The maximum atomic E-state index is 11.4. The summed E-state index contributed by atoms with van der Waals surface area (Å²) in [5.74, 6) is 0.781. The molecule has 112 valence electrons. The largest absolute Gasteiger partial charge is 0.496 e. The number of benzene rings is 2. The third-order valence-electron chi connectivity index (χ3n) is 3.36. The number of amides is 1. The minimum Gasteiger partial charge on any atom is -0.496 e. The van der Waals surface area contributed by atoms with Gasteiger partial charge in [0.25, 0.3) is 0 Å². The minimum atomic E-state index is -0.480. The Morgan fingerprint density at radius 1 is 1.09 bits per heavy atom. The lowest BCUT2D eigenvalue weighted by Gasteiger charge is -2.06. The Morgan fingerprint density at radius 2 is 1.86 bits per heavy atom. The Kier molecular flexibility index (Phi) is 3.98. The molecule has 0 saturated carbocycles. The molecule has 3 aromatic rings. The maximum Gasteiger partial charge on any atom is 0.411 e. The molecule has 0 saturated heterocycles. The number of rotatable bonds is 3. The van der Waals surface area contributed by atoms with Gasteiger partial charge in [-0.1, -0.05) is 30.3 Å². The topological polar surface area (TPSA) is 47.6 Å². The third kappa shape index (κ3) is 2.63. The second-order valence-electron chi connectivity index (χ2n) is 4.65. The second kappa shape index (κ2) is 6.07. The van der Waals surface area contributed by atoms with Crippen LogP contribution in [0.25, 0.3) is 21.2 Å². The molecule has 0 spiro atoms. The molecule has 5 heteroatoms. The summed E-state index contributed by atoms with van der Waals surface area (Å²) >= 11 is 1.50. The normalized spacial score (nSPS) is 10.5. The smallest absolute Gasteiger partial charge is 0.411 e.